The van der Waals surface area contributed by atoms with E-state index >= 15 is 0 Å². The van der Waals surface area contributed by atoms with Gasteiger partial charge in [-0.15, -0.1) is 11.3 Å². The number of anilines is 1. The van der Waals surface area contributed by atoms with Gasteiger partial charge < -0.3 is 5.32 Å². The van der Waals surface area contributed by atoms with Gasteiger partial charge in [0.2, 0.25) is 0 Å². The second-order valence-electron chi connectivity index (χ2n) is 7.39. The Hall–Kier alpha value is -1.45. The van der Waals surface area contributed by atoms with Crippen molar-refractivity contribution in [3.63, 3.8) is 0 Å². The van der Waals surface area contributed by atoms with Crippen LogP contribution in [-0.2, 0) is 25.1 Å². The molecule has 1 aromatic carbocycles. The third-order valence-electron chi connectivity index (χ3n) is 3.81. The lowest BCUT2D eigenvalue weighted by Crippen LogP contribution is -2.14. The molecule has 0 fully saturated rings. The molecule has 0 saturated carbocycles. The van der Waals surface area contributed by atoms with Gasteiger partial charge in [-0.25, -0.2) is 21.8 Å². The van der Waals surface area contributed by atoms with Gasteiger partial charge in [-0.1, -0.05) is 20.8 Å². The van der Waals surface area contributed by atoms with Gasteiger partial charge >= 0.3 is 0 Å². The van der Waals surface area contributed by atoms with E-state index in [-0.39, 0.29) is 21.2 Å². The van der Waals surface area contributed by atoms with Crippen LogP contribution in [0.4, 0.5) is 5.69 Å². The summed E-state index contributed by atoms with van der Waals surface area (Å²) >= 11 is 1.51. The summed E-state index contributed by atoms with van der Waals surface area (Å²) in [6.45, 7) is 8.13. The molecule has 0 amide bonds. The minimum Gasteiger partial charge on any atom is -0.375 e. The smallest absolute Gasteiger partial charge is 0.177 e. The first kappa shape index (κ1) is 20.9. The minimum absolute atomic E-state index is 0.0274. The predicted molar refractivity (Wildman–Crippen MR) is 106 cm³/mol. The molecule has 0 aliphatic carbocycles. The van der Waals surface area contributed by atoms with Gasteiger partial charge in [-0.05, 0) is 25.1 Å². The van der Waals surface area contributed by atoms with Crippen molar-refractivity contribution in [2.24, 2.45) is 0 Å². The summed E-state index contributed by atoms with van der Waals surface area (Å²) in [5.41, 5.74) is 1.27. The van der Waals surface area contributed by atoms with Crippen LogP contribution in [-0.4, -0.2) is 34.3 Å². The summed E-state index contributed by atoms with van der Waals surface area (Å²) in [5, 5.41) is 5.98. The topological polar surface area (TPSA) is 93.2 Å². The molecule has 2 rings (SSSR count). The van der Waals surface area contributed by atoms with Crippen molar-refractivity contribution < 1.29 is 16.8 Å². The van der Waals surface area contributed by atoms with Crippen LogP contribution in [0.2, 0.25) is 0 Å². The molecule has 1 heterocycles. The summed E-state index contributed by atoms with van der Waals surface area (Å²) in [5.74, 6) is 0. The van der Waals surface area contributed by atoms with Crippen molar-refractivity contribution in [2.75, 3.05) is 17.8 Å². The Morgan fingerprint density at radius 2 is 1.69 bits per heavy atom. The molecule has 1 aromatic heterocycles. The van der Waals surface area contributed by atoms with Crippen LogP contribution in [0.3, 0.4) is 0 Å². The predicted octanol–water partition coefficient (Wildman–Crippen LogP) is 3.42. The van der Waals surface area contributed by atoms with Crippen molar-refractivity contribution in [1.82, 2.24) is 4.98 Å². The molecule has 0 aliphatic heterocycles. The highest BCUT2D eigenvalue weighted by Crippen LogP contribution is 2.31. The van der Waals surface area contributed by atoms with E-state index in [2.05, 4.69) is 31.1 Å². The largest absolute Gasteiger partial charge is 0.375 e. The first-order valence-corrected chi connectivity index (χ1v) is 12.6. The Bertz CT molecular complexity index is 1020. The fourth-order valence-corrected chi connectivity index (χ4v) is 4.93. The van der Waals surface area contributed by atoms with E-state index in [1.807, 2.05) is 12.3 Å². The third-order valence-corrected chi connectivity index (χ3v) is 7.09. The summed E-state index contributed by atoms with van der Waals surface area (Å²) in [6, 6.07) is 3.87. The number of hydrogen-bond acceptors (Lipinski definition) is 7. The number of benzene rings is 1. The van der Waals surface area contributed by atoms with Crippen molar-refractivity contribution in [1.29, 1.82) is 0 Å². The van der Waals surface area contributed by atoms with E-state index < -0.39 is 19.7 Å². The molecule has 144 valence electrons. The lowest BCUT2D eigenvalue weighted by atomic mass is 9.93. The second-order valence-corrected chi connectivity index (χ2v) is 12.3. The van der Waals surface area contributed by atoms with Crippen LogP contribution >= 0.6 is 11.3 Å². The standard InChI is InChI=1S/C17H24N2O4S3/c1-11(16-19-15(10-24-16)17(2,3)4)18-13-8-7-12(25(5,20)21)9-14(13)26(6,22)23/h7-11,18H,1-6H3. The Kier molecular flexibility index (Phi) is 5.56. The van der Waals surface area contributed by atoms with Crippen molar-refractivity contribution in [2.45, 2.75) is 48.9 Å². The van der Waals surface area contributed by atoms with Crippen LogP contribution in [0.5, 0.6) is 0 Å². The van der Waals surface area contributed by atoms with Gasteiger partial charge in [0.15, 0.2) is 19.7 Å². The van der Waals surface area contributed by atoms with E-state index in [0.29, 0.717) is 5.69 Å². The fraction of sp³-hybridized carbons (Fsp3) is 0.471. The van der Waals surface area contributed by atoms with Crippen molar-refractivity contribution >= 4 is 36.7 Å². The van der Waals surface area contributed by atoms with E-state index in [0.717, 1.165) is 23.2 Å². The molecule has 0 spiro atoms. The van der Waals surface area contributed by atoms with Gasteiger partial charge in [-0.3, -0.25) is 0 Å². The first-order chi connectivity index (χ1) is 11.7. The lowest BCUT2D eigenvalue weighted by Gasteiger charge is -2.17. The number of rotatable bonds is 5. The summed E-state index contributed by atoms with van der Waals surface area (Å²) < 4.78 is 47.8. The second kappa shape index (κ2) is 6.94. The van der Waals surface area contributed by atoms with E-state index in [1.54, 1.807) is 0 Å². The van der Waals surface area contributed by atoms with Gasteiger partial charge in [-0.2, -0.15) is 0 Å². The maximum absolute atomic E-state index is 12.1. The number of nitrogens with zero attached hydrogens (tertiary/aromatic N) is 1. The minimum atomic E-state index is -3.61. The maximum atomic E-state index is 12.1. The number of thiazole rings is 1. The van der Waals surface area contributed by atoms with Crippen LogP contribution in [0, 0.1) is 0 Å². The number of sulfone groups is 2. The highest BCUT2D eigenvalue weighted by molar-refractivity contribution is 7.91. The lowest BCUT2D eigenvalue weighted by molar-refractivity contribution is 0.569. The number of nitrogens with one attached hydrogen (secondary N) is 1. The van der Waals surface area contributed by atoms with Crippen LogP contribution in [0.1, 0.15) is 44.4 Å². The molecule has 26 heavy (non-hydrogen) atoms. The summed E-state index contributed by atoms with van der Waals surface area (Å²) in [6.07, 6.45) is 2.11. The number of aromatic nitrogens is 1. The molecule has 0 bridgehead atoms. The number of hydrogen-bond donors (Lipinski definition) is 1. The Labute approximate surface area is 159 Å². The van der Waals surface area contributed by atoms with Crippen molar-refractivity contribution in [3.8, 4) is 0 Å². The zero-order valence-corrected chi connectivity index (χ0v) is 18.1. The van der Waals surface area contributed by atoms with Crippen LogP contribution in [0.25, 0.3) is 0 Å². The Morgan fingerprint density at radius 3 is 2.15 bits per heavy atom. The summed E-state index contributed by atoms with van der Waals surface area (Å²) in [7, 11) is -7.10. The highest BCUT2D eigenvalue weighted by atomic mass is 32.2. The third kappa shape index (κ3) is 4.83. The van der Waals surface area contributed by atoms with Gasteiger partial charge in [0.05, 0.1) is 27.2 Å². The van der Waals surface area contributed by atoms with E-state index in [9.17, 15) is 16.8 Å². The highest BCUT2D eigenvalue weighted by Gasteiger charge is 2.22. The monoisotopic (exact) mass is 416 g/mol. The molecule has 6 nitrogen and oxygen atoms in total. The fourth-order valence-electron chi connectivity index (χ4n) is 2.29. The molecule has 0 radical (unpaired) electrons. The normalized spacial score (nSPS) is 14.2. The molecule has 0 aliphatic rings. The molecule has 1 atom stereocenters. The summed E-state index contributed by atoms with van der Waals surface area (Å²) in [4.78, 5) is 4.57. The molecule has 1 N–H and O–H groups in total. The van der Waals surface area contributed by atoms with E-state index in [1.165, 1.54) is 29.5 Å². The van der Waals surface area contributed by atoms with Gasteiger partial charge in [0.1, 0.15) is 5.01 Å². The van der Waals surface area contributed by atoms with Gasteiger partial charge in [0, 0.05) is 23.3 Å². The average Bonchev–Trinajstić information content (AvgIpc) is 2.95. The quantitative estimate of drug-likeness (QED) is 0.803. The molecular weight excluding hydrogens is 392 g/mol. The first-order valence-electron chi connectivity index (χ1n) is 7.96. The molecule has 1 unspecified atom stereocenters. The van der Waals surface area contributed by atoms with Crippen LogP contribution < -0.4 is 5.32 Å². The van der Waals surface area contributed by atoms with Crippen molar-refractivity contribution in [3.05, 3.63) is 34.3 Å². The Balaban J connectivity index is 2.41. The zero-order valence-electron chi connectivity index (χ0n) is 15.7. The van der Waals surface area contributed by atoms with Crippen LogP contribution in [0.15, 0.2) is 33.4 Å². The maximum Gasteiger partial charge on any atom is 0.177 e. The van der Waals surface area contributed by atoms with E-state index in [4.69, 9.17) is 0 Å². The molecule has 9 heteroatoms. The SMILES string of the molecule is CC(Nc1ccc(S(C)(=O)=O)cc1S(C)(=O)=O)c1nc(C(C)(C)C)cs1. The average molecular weight is 417 g/mol. The molecule has 0 saturated heterocycles. The molecular formula is C17H24N2O4S3. The Morgan fingerprint density at radius 1 is 1.08 bits per heavy atom. The van der Waals surface area contributed by atoms with Gasteiger partial charge in [0.25, 0.3) is 0 Å². The zero-order chi connectivity index (χ0) is 19.9. The molecule has 2 aromatic rings.